The number of furan rings is 1. The predicted octanol–water partition coefficient (Wildman–Crippen LogP) is 2.70. The molecule has 0 atom stereocenters. The molecule has 100 valence electrons. The van der Waals surface area contributed by atoms with Crippen molar-refractivity contribution in [3.63, 3.8) is 0 Å². The van der Waals surface area contributed by atoms with Gasteiger partial charge in [-0.15, -0.1) is 0 Å². The van der Waals surface area contributed by atoms with Crippen LogP contribution in [0.25, 0.3) is 0 Å². The Hall–Kier alpha value is -2.07. The van der Waals surface area contributed by atoms with Gasteiger partial charge in [0, 0.05) is 6.54 Å². The van der Waals surface area contributed by atoms with Gasteiger partial charge in [-0.1, -0.05) is 18.2 Å². The standard InChI is InChI=1S/C15H17NO3/c1-16(11-13-7-5-9-19-13)10-12-6-3-4-8-14(12)15(17)18-2/h3-9H,10-11H2,1-2H3. The van der Waals surface area contributed by atoms with Crippen LogP contribution in [0, 0.1) is 0 Å². The zero-order valence-corrected chi connectivity index (χ0v) is 11.1. The fraction of sp³-hybridized carbons (Fsp3) is 0.267. The van der Waals surface area contributed by atoms with Gasteiger partial charge in [-0.3, -0.25) is 4.90 Å². The number of carbonyl (C=O) groups is 1. The summed E-state index contributed by atoms with van der Waals surface area (Å²) in [5.41, 5.74) is 1.56. The number of esters is 1. The molecule has 1 aromatic carbocycles. The van der Waals surface area contributed by atoms with E-state index in [1.807, 2.05) is 37.4 Å². The first-order valence-electron chi connectivity index (χ1n) is 6.08. The lowest BCUT2D eigenvalue weighted by atomic mass is 10.1. The molecule has 0 saturated heterocycles. The average Bonchev–Trinajstić information content (AvgIpc) is 2.91. The summed E-state index contributed by atoms with van der Waals surface area (Å²) in [6, 6.07) is 11.3. The Kier molecular flexibility index (Phi) is 4.36. The van der Waals surface area contributed by atoms with E-state index in [0.717, 1.165) is 11.3 Å². The highest BCUT2D eigenvalue weighted by Gasteiger charge is 2.12. The van der Waals surface area contributed by atoms with E-state index in [1.54, 1.807) is 12.3 Å². The van der Waals surface area contributed by atoms with Gasteiger partial charge in [0.15, 0.2) is 0 Å². The van der Waals surface area contributed by atoms with Gasteiger partial charge in [0.05, 0.1) is 25.5 Å². The minimum absolute atomic E-state index is 0.304. The Morgan fingerprint density at radius 1 is 1.21 bits per heavy atom. The molecule has 2 rings (SSSR count). The predicted molar refractivity (Wildman–Crippen MR) is 71.7 cm³/mol. The smallest absolute Gasteiger partial charge is 0.338 e. The van der Waals surface area contributed by atoms with Gasteiger partial charge < -0.3 is 9.15 Å². The Bertz CT molecular complexity index is 534. The Morgan fingerprint density at radius 2 is 2.00 bits per heavy atom. The van der Waals surface area contributed by atoms with E-state index < -0.39 is 0 Å². The number of ether oxygens (including phenoxy) is 1. The second-order valence-electron chi connectivity index (χ2n) is 4.40. The molecule has 0 aliphatic heterocycles. The molecule has 0 aliphatic carbocycles. The van der Waals surface area contributed by atoms with Crippen LogP contribution in [0.15, 0.2) is 47.1 Å². The maximum atomic E-state index is 11.7. The van der Waals surface area contributed by atoms with Crippen molar-refractivity contribution in [1.82, 2.24) is 4.90 Å². The van der Waals surface area contributed by atoms with E-state index in [4.69, 9.17) is 9.15 Å². The fourth-order valence-corrected chi connectivity index (χ4v) is 1.98. The van der Waals surface area contributed by atoms with E-state index in [-0.39, 0.29) is 5.97 Å². The van der Waals surface area contributed by atoms with Crippen molar-refractivity contribution in [2.45, 2.75) is 13.1 Å². The monoisotopic (exact) mass is 259 g/mol. The van der Waals surface area contributed by atoms with Crippen molar-refractivity contribution in [3.8, 4) is 0 Å². The first-order chi connectivity index (χ1) is 9.20. The first kappa shape index (κ1) is 13.4. The lowest BCUT2D eigenvalue weighted by Crippen LogP contribution is -2.19. The molecule has 4 nitrogen and oxygen atoms in total. The van der Waals surface area contributed by atoms with Crippen molar-refractivity contribution in [2.24, 2.45) is 0 Å². The number of benzene rings is 1. The van der Waals surface area contributed by atoms with E-state index in [0.29, 0.717) is 18.7 Å². The van der Waals surface area contributed by atoms with Gasteiger partial charge in [-0.25, -0.2) is 4.79 Å². The second-order valence-corrected chi connectivity index (χ2v) is 4.40. The fourth-order valence-electron chi connectivity index (χ4n) is 1.98. The molecule has 2 aromatic rings. The quantitative estimate of drug-likeness (QED) is 0.774. The van der Waals surface area contributed by atoms with Crippen LogP contribution in [0.4, 0.5) is 0 Å². The Labute approximate surface area is 112 Å². The summed E-state index contributed by atoms with van der Waals surface area (Å²) in [6.07, 6.45) is 1.66. The Balaban J connectivity index is 2.08. The van der Waals surface area contributed by atoms with Crippen LogP contribution < -0.4 is 0 Å². The molecule has 0 unspecified atom stereocenters. The molecule has 0 amide bonds. The molecule has 4 heteroatoms. The molecule has 0 saturated carbocycles. The van der Waals surface area contributed by atoms with Crippen LogP contribution in [-0.2, 0) is 17.8 Å². The molecule has 1 aromatic heterocycles. The highest BCUT2D eigenvalue weighted by molar-refractivity contribution is 5.90. The molecule has 0 radical (unpaired) electrons. The van der Waals surface area contributed by atoms with Crippen LogP contribution in [-0.4, -0.2) is 25.0 Å². The molecular weight excluding hydrogens is 242 g/mol. The number of carbonyl (C=O) groups excluding carboxylic acids is 1. The van der Waals surface area contributed by atoms with Gasteiger partial charge >= 0.3 is 5.97 Å². The van der Waals surface area contributed by atoms with Crippen molar-refractivity contribution in [2.75, 3.05) is 14.2 Å². The van der Waals surface area contributed by atoms with Gasteiger partial charge in [-0.2, -0.15) is 0 Å². The topological polar surface area (TPSA) is 42.7 Å². The summed E-state index contributed by atoms with van der Waals surface area (Å²) < 4.78 is 10.1. The van der Waals surface area contributed by atoms with Crippen LogP contribution in [0.1, 0.15) is 21.7 Å². The minimum Gasteiger partial charge on any atom is -0.468 e. The highest BCUT2D eigenvalue weighted by atomic mass is 16.5. The molecular formula is C15H17NO3. The summed E-state index contributed by atoms with van der Waals surface area (Å²) in [4.78, 5) is 13.8. The average molecular weight is 259 g/mol. The number of methoxy groups -OCH3 is 1. The zero-order valence-electron chi connectivity index (χ0n) is 11.1. The SMILES string of the molecule is COC(=O)c1ccccc1CN(C)Cc1ccco1. The third-order valence-electron chi connectivity index (χ3n) is 2.87. The van der Waals surface area contributed by atoms with Crippen LogP contribution in [0.5, 0.6) is 0 Å². The third kappa shape index (κ3) is 3.45. The van der Waals surface area contributed by atoms with Crippen LogP contribution >= 0.6 is 0 Å². The molecule has 1 heterocycles. The van der Waals surface area contributed by atoms with Crippen molar-refractivity contribution in [1.29, 1.82) is 0 Å². The van der Waals surface area contributed by atoms with E-state index in [1.165, 1.54) is 7.11 Å². The van der Waals surface area contributed by atoms with E-state index in [9.17, 15) is 4.79 Å². The van der Waals surface area contributed by atoms with Gasteiger partial charge in [0.1, 0.15) is 5.76 Å². The molecule has 19 heavy (non-hydrogen) atoms. The van der Waals surface area contributed by atoms with Crippen molar-refractivity contribution >= 4 is 5.97 Å². The third-order valence-corrected chi connectivity index (χ3v) is 2.87. The molecule has 0 N–H and O–H groups in total. The largest absolute Gasteiger partial charge is 0.468 e. The molecule has 0 fully saturated rings. The summed E-state index contributed by atoms with van der Waals surface area (Å²) in [5.74, 6) is 0.597. The highest BCUT2D eigenvalue weighted by Crippen LogP contribution is 2.14. The molecule has 0 spiro atoms. The van der Waals surface area contributed by atoms with Crippen molar-refractivity contribution in [3.05, 3.63) is 59.5 Å². The van der Waals surface area contributed by atoms with Gasteiger partial charge in [0.25, 0.3) is 0 Å². The second kappa shape index (κ2) is 6.20. The molecule has 0 aliphatic rings. The summed E-state index contributed by atoms with van der Waals surface area (Å²) in [7, 11) is 3.38. The lowest BCUT2D eigenvalue weighted by molar-refractivity contribution is 0.0598. The van der Waals surface area contributed by atoms with Crippen LogP contribution in [0.3, 0.4) is 0 Å². The van der Waals surface area contributed by atoms with E-state index in [2.05, 4.69) is 4.90 Å². The zero-order chi connectivity index (χ0) is 13.7. The first-order valence-corrected chi connectivity index (χ1v) is 6.08. The minimum atomic E-state index is -0.304. The number of hydrogen-bond donors (Lipinski definition) is 0. The van der Waals surface area contributed by atoms with Gasteiger partial charge in [-0.05, 0) is 30.8 Å². The number of rotatable bonds is 5. The number of nitrogens with zero attached hydrogens (tertiary/aromatic N) is 1. The van der Waals surface area contributed by atoms with Gasteiger partial charge in [0.2, 0.25) is 0 Å². The number of hydrogen-bond acceptors (Lipinski definition) is 4. The summed E-state index contributed by atoms with van der Waals surface area (Å²) in [6.45, 7) is 1.36. The normalized spacial score (nSPS) is 10.7. The lowest BCUT2D eigenvalue weighted by Gasteiger charge is -2.17. The molecule has 0 bridgehead atoms. The summed E-state index contributed by atoms with van der Waals surface area (Å²) in [5, 5.41) is 0. The van der Waals surface area contributed by atoms with Crippen molar-refractivity contribution < 1.29 is 13.9 Å². The maximum Gasteiger partial charge on any atom is 0.338 e. The Morgan fingerprint density at radius 3 is 2.68 bits per heavy atom. The maximum absolute atomic E-state index is 11.7. The van der Waals surface area contributed by atoms with Crippen LogP contribution in [0.2, 0.25) is 0 Å². The van der Waals surface area contributed by atoms with E-state index >= 15 is 0 Å². The summed E-state index contributed by atoms with van der Waals surface area (Å²) >= 11 is 0.